The summed E-state index contributed by atoms with van der Waals surface area (Å²) < 4.78 is 10.9. The van der Waals surface area contributed by atoms with Gasteiger partial charge in [0.2, 0.25) is 0 Å². The van der Waals surface area contributed by atoms with Crippen LogP contribution >= 0.6 is 0 Å². The number of ether oxygens (including phenoxy) is 2. The monoisotopic (exact) mass is 389 g/mol. The number of nitrogens with one attached hydrogen (secondary N) is 2. The molecule has 2 N–H and O–H groups in total. The van der Waals surface area contributed by atoms with Crippen LogP contribution in [0.5, 0.6) is 0 Å². The molecule has 6 nitrogen and oxygen atoms in total. The lowest BCUT2D eigenvalue weighted by atomic mass is 9.48. The molecule has 0 radical (unpaired) electrons. The molecule has 28 heavy (non-hydrogen) atoms. The Labute approximate surface area is 169 Å². The van der Waals surface area contributed by atoms with Crippen LogP contribution in [0.4, 0.5) is 0 Å². The van der Waals surface area contributed by atoms with E-state index in [1.165, 1.54) is 44.7 Å². The molecule has 4 fully saturated rings. The van der Waals surface area contributed by atoms with Crippen molar-refractivity contribution in [3.8, 4) is 6.07 Å². The molecule has 1 amide bonds. The van der Waals surface area contributed by atoms with Gasteiger partial charge in [-0.2, -0.15) is 5.26 Å². The Morgan fingerprint density at radius 1 is 1.14 bits per heavy atom. The average Bonchev–Trinajstić information content (AvgIpc) is 2.64. The molecule has 156 valence electrons. The molecule has 0 aromatic heterocycles. The van der Waals surface area contributed by atoms with Gasteiger partial charge >= 0.3 is 0 Å². The third-order valence-corrected chi connectivity index (χ3v) is 6.95. The minimum Gasteiger partial charge on any atom is -0.385 e. The van der Waals surface area contributed by atoms with Crippen LogP contribution < -0.4 is 10.6 Å². The summed E-state index contributed by atoms with van der Waals surface area (Å²) in [5.74, 6) is 2.23. The normalized spacial score (nSPS) is 32.2. The van der Waals surface area contributed by atoms with E-state index in [0.29, 0.717) is 19.8 Å². The van der Waals surface area contributed by atoms with Gasteiger partial charge < -0.3 is 20.1 Å². The van der Waals surface area contributed by atoms with E-state index in [2.05, 4.69) is 17.6 Å². The van der Waals surface area contributed by atoms with E-state index in [9.17, 15) is 10.1 Å². The Balaban J connectivity index is 1.55. The Hall–Kier alpha value is -1.58. The summed E-state index contributed by atoms with van der Waals surface area (Å²) in [5, 5.41) is 15.6. The zero-order chi connectivity index (χ0) is 20.1. The highest BCUT2D eigenvalue weighted by Crippen LogP contribution is 2.61. The van der Waals surface area contributed by atoms with Crippen molar-refractivity contribution in [3.63, 3.8) is 0 Å². The number of amides is 1. The number of carbonyl (C=O) groups is 1. The predicted octanol–water partition coefficient (Wildman–Crippen LogP) is 3.10. The molecular formula is C22H35N3O3. The first-order valence-corrected chi connectivity index (χ1v) is 10.9. The molecule has 0 saturated heterocycles. The molecular weight excluding hydrogens is 354 g/mol. The highest BCUT2D eigenvalue weighted by molar-refractivity contribution is 5.97. The molecule has 0 aromatic carbocycles. The van der Waals surface area contributed by atoms with Gasteiger partial charge in [0.25, 0.3) is 5.91 Å². The van der Waals surface area contributed by atoms with E-state index in [-0.39, 0.29) is 29.2 Å². The summed E-state index contributed by atoms with van der Waals surface area (Å²) >= 11 is 0. The summed E-state index contributed by atoms with van der Waals surface area (Å²) in [6.07, 6.45) is 8.93. The minimum atomic E-state index is -0.389. The molecule has 4 rings (SSSR count). The van der Waals surface area contributed by atoms with Gasteiger partial charge in [0.1, 0.15) is 11.6 Å². The second-order valence-electron chi connectivity index (χ2n) is 8.89. The topological polar surface area (TPSA) is 83.4 Å². The van der Waals surface area contributed by atoms with Crippen LogP contribution in [0.2, 0.25) is 0 Å². The SMILES string of the molecule is CCOC(CN/C=C(/C#N)C(=O)NC(C)C12CC3CC(CC(C3)C1)C2)OCC. The number of carbonyl (C=O) groups excluding carboxylic acids is 1. The van der Waals surface area contributed by atoms with Crippen LogP contribution in [0.1, 0.15) is 59.3 Å². The Morgan fingerprint density at radius 3 is 2.14 bits per heavy atom. The summed E-state index contributed by atoms with van der Waals surface area (Å²) in [6.45, 7) is 7.43. The van der Waals surface area contributed by atoms with Gasteiger partial charge in [0, 0.05) is 25.5 Å². The maximum atomic E-state index is 12.7. The third-order valence-electron chi connectivity index (χ3n) is 6.95. The van der Waals surface area contributed by atoms with Crippen LogP contribution in [0.15, 0.2) is 11.8 Å². The van der Waals surface area contributed by atoms with Gasteiger partial charge in [-0.25, -0.2) is 0 Å². The lowest BCUT2D eigenvalue weighted by molar-refractivity contribution is -0.131. The molecule has 4 bridgehead atoms. The van der Waals surface area contributed by atoms with Crippen molar-refractivity contribution in [2.24, 2.45) is 23.2 Å². The van der Waals surface area contributed by atoms with Crippen LogP contribution in [-0.2, 0) is 14.3 Å². The second-order valence-corrected chi connectivity index (χ2v) is 8.89. The number of rotatable bonds is 10. The summed E-state index contributed by atoms with van der Waals surface area (Å²) in [6, 6.07) is 2.13. The summed E-state index contributed by atoms with van der Waals surface area (Å²) in [7, 11) is 0. The molecule has 1 atom stereocenters. The quantitative estimate of drug-likeness (QED) is 0.341. The molecule has 4 aliphatic carbocycles. The zero-order valence-electron chi connectivity index (χ0n) is 17.5. The van der Waals surface area contributed by atoms with Crippen molar-refractivity contribution < 1.29 is 14.3 Å². The third kappa shape index (κ3) is 4.69. The van der Waals surface area contributed by atoms with E-state index >= 15 is 0 Å². The fourth-order valence-corrected chi connectivity index (χ4v) is 6.08. The van der Waals surface area contributed by atoms with E-state index in [4.69, 9.17) is 9.47 Å². The van der Waals surface area contributed by atoms with E-state index in [1.54, 1.807) is 0 Å². The van der Waals surface area contributed by atoms with Crippen LogP contribution in [0.25, 0.3) is 0 Å². The van der Waals surface area contributed by atoms with Crippen molar-refractivity contribution >= 4 is 5.91 Å². The standard InChI is InChI=1S/C22H35N3O3/c1-4-27-20(28-5-2)14-24-13-19(12-23)21(26)25-15(3)22-9-16-6-17(10-22)8-18(7-16)11-22/h13,15-18,20,24H,4-11,14H2,1-3H3,(H,25,26)/b19-13-. The van der Waals surface area contributed by atoms with Crippen molar-refractivity contribution in [1.82, 2.24) is 10.6 Å². The highest BCUT2D eigenvalue weighted by atomic mass is 16.7. The Bertz CT molecular complexity index is 584. The van der Waals surface area contributed by atoms with Crippen molar-refractivity contribution in [2.45, 2.75) is 71.6 Å². The second kappa shape index (κ2) is 9.28. The maximum absolute atomic E-state index is 12.7. The van der Waals surface area contributed by atoms with Crippen molar-refractivity contribution in [1.29, 1.82) is 5.26 Å². The number of hydrogen-bond acceptors (Lipinski definition) is 5. The molecule has 0 spiro atoms. The first-order valence-electron chi connectivity index (χ1n) is 10.9. The average molecular weight is 390 g/mol. The molecule has 4 saturated carbocycles. The molecule has 1 unspecified atom stereocenters. The smallest absolute Gasteiger partial charge is 0.263 e. The molecule has 4 aliphatic rings. The van der Waals surface area contributed by atoms with Crippen LogP contribution in [0, 0.1) is 34.5 Å². The first kappa shape index (κ1) is 21.1. The lowest BCUT2D eigenvalue weighted by Gasteiger charge is -2.59. The van der Waals surface area contributed by atoms with Crippen LogP contribution in [0.3, 0.4) is 0 Å². The minimum absolute atomic E-state index is 0.100. The molecule has 6 heteroatoms. The number of nitriles is 1. The lowest BCUT2D eigenvalue weighted by Crippen LogP contribution is -2.56. The Kier molecular flexibility index (Phi) is 7.00. The highest BCUT2D eigenvalue weighted by Gasteiger charge is 2.53. The van der Waals surface area contributed by atoms with E-state index < -0.39 is 0 Å². The molecule has 0 heterocycles. The fourth-order valence-electron chi connectivity index (χ4n) is 6.08. The summed E-state index contributed by atoms with van der Waals surface area (Å²) in [4.78, 5) is 12.7. The number of nitrogens with zero attached hydrogens (tertiary/aromatic N) is 1. The predicted molar refractivity (Wildman–Crippen MR) is 107 cm³/mol. The van der Waals surface area contributed by atoms with Gasteiger partial charge in [0.05, 0.1) is 6.54 Å². The van der Waals surface area contributed by atoms with Crippen molar-refractivity contribution in [2.75, 3.05) is 19.8 Å². The van der Waals surface area contributed by atoms with E-state index in [0.717, 1.165) is 17.8 Å². The first-order chi connectivity index (χ1) is 13.5. The number of hydrogen-bond donors (Lipinski definition) is 2. The largest absolute Gasteiger partial charge is 0.385 e. The van der Waals surface area contributed by atoms with Gasteiger partial charge in [-0.1, -0.05) is 0 Å². The van der Waals surface area contributed by atoms with Gasteiger partial charge in [-0.3, -0.25) is 4.79 Å². The Morgan fingerprint density at radius 2 is 1.68 bits per heavy atom. The van der Waals surface area contributed by atoms with Crippen molar-refractivity contribution in [3.05, 3.63) is 11.8 Å². The van der Waals surface area contributed by atoms with E-state index in [1.807, 2.05) is 19.9 Å². The molecule has 0 aliphatic heterocycles. The van der Waals surface area contributed by atoms with Gasteiger partial charge in [-0.15, -0.1) is 0 Å². The van der Waals surface area contributed by atoms with Crippen LogP contribution in [-0.4, -0.2) is 38.0 Å². The molecule has 0 aromatic rings. The van der Waals surface area contributed by atoms with Gasteiger partial charge in [-0.05, 0) is 82.5 Å². The maximum Gasteiger partial charge on any atom is 0.263 e. The van der Waals surface area contributed by atoms with Gasteiger partial charge in [0.15, 0.2) is 6.29 Å². The summed E-state index contributed by atoms with van der Waals surface area (Å²) in [5.41, 5.74) is 0.330. The fraction of sp³-hybridized carbons (Fsp3) is 0.818. The zero-order valence-corrected chi connectivity index (χ0v) is 17.5.